The molecule has 0 spiro atoms. The third-order valence-electron chi connectivity index (χ3n) is 2.84. The molecule has 0 saturated heterocycles. The zero-order chi connectivity index (χ0) is 15.1. The minimum absolute atomic E-state index is 0.212. The number of nitrogens with zero attached hydrogens (tertiary/aromatic N) is 2. The summed E-state index contributed by atoms with van der Waals surface area (Å²) >= 11 is 0. The Morgan fingerprint density at radius 2 is 1.47 bits per heavy atom. The summed E-state index contributed by atoms with van der Waals surface area (Å²) in [6.07, 6.45) is 1.66. The Kier molecular flexibility index (Phi) is 8.06. The van der Waals surface area contributed by atoms with Gasteiger partial charge >= 0.3 is 0 Å². The summed E-state index contributed by atoms with van der Waals surface area (Å²) in [6, 6.07) is 0. The Bertz CT molecular complexity index is 443. The number of rotatable bonds is 10. The van der Waals surface area contributed by atoms with Gasteiger partial charge in [0.05, 0.1) is 12.0 Å². The van der Waals surface area contributed by atoms with Crippen LogP contribution in [0.5, 0.6) is 0 Å². The predicted molar refractivity (Wildman–Crippen MR) is 75.2 cm³/mol. The maximum Gasteiger partial charge on any atom is 0.266 e. The van der Waals surface area contributed by atoms with Crippen molar-refractivity contribution >= 4 is 20.1 Å². The molecule has 0 aromatic rings. The zero-order valence-electron chi connectivity index (χ0n) is 11.7. The van der Waals surface area contributed by atoms with Crippen LogP contribution in [-0.4, -0.2) is 75.3 Å². The van der Waals surface area contributed by atoms with E-state index in [0.29, 0.717) is 6.42 Å². The van der Waals surface area contributed by atoms with Gasteiger partial charge in [-0.05, 0) is 26.1 Å². The Hall–Kier alpha value is -0.220. The van der Waals surface area contributed by atoms with E-state index in [2.05, 4.69) is 4.90 Å². The molecule has 19 heavy (non-hydrogen) atoms. The van der Waals surface area contributed by atoms with Crippen molar-refractivity contribution in [2.24, 2.45) is 0 Å². The van der Waals surface area contributed by atoms with E-state index in [-0.39, 0.29) is 13.1 Å². The predicted octanol–water partition coefficient (Wildman–Crippen LogP) is -0.132. The molecule has 0 bridgehead atoms. The molecule has 1 N–H and O–H groups in total. The van der Waals surface area contributed by atoms with E-state index >= 15 is 0 Å². The largest absolute Gasteiger partial charge is 0.304 e. The van der Waals surface area contributed by atoms with Crippen molar-refractivity contribution < 1.29 is 21.4 Å². The molecule has 0 radical (unpaired) electrons. The van der Waals surface area contributed by atoms with Crippen molar-refractivity contribution in [2.75, 3.05) is 44.7 Å². The molecule has 0 aromatic carbocycles. The molecule has 0 heterocycles. The van der Waals surface area contributed by atoms with E-state index in [4.69, 9.17) is 4.55 Å². The zero-order valence-corrected chi connectivity index (χ0v) is 13.4. The molecular weight excluding hydrogens is 292 g/mol. The van der Waals surface area contributed by atoms with E-state index < -0.39 is 25.9 Å². The van der Waals surface area contributed by atoms with Gasteiger partial charge in [-0.1, -0.05) is 13.8 Å². The second kappa shape index (κ2) is 8.15. The highest BCUT2D eigenvalue weighted by Crippen LogP contribution is 2.02. The first-order chi connectivity index (χ1) is 8.60. The molecule has 0 aliphatic rings. The average molecular weight is 316 g/mol. The highest BCUT2D eigenvalue weighted by Gasteiger charge is 2.19. The van der Waals surface area contributed by atoms with E-state index in [9.17, 15) is 16.8 Å². The Morgan fingerprint density at radius 3 is 1.84 bits per heavy atom. The fraction of sp³-hybridized carbons (Fsp3) is 1.00. The molecule has 0 aliphatic heterocycles. The lowest BCUT2D eigenvalue weighted by atomic mass is 10.3. The molecule has 0 aliphatic carbocycles. The fourth-order valence-corrected chi connectivity index (χ4v) is 3.12. The quantitative estimate of drug-likeness (QED) is 0.564. The van der Waals surface area contributed by atoms with Crippen LogP contribution in [0.3, 0.4) is 0 Å². The molecule has 0 unspecified atom stereocenters. The van der Waals surface area contributed by atoms with Gasteiger partial charge in [0.1, 0.15) is 0 Å². The Balaban J connectivity index is 4.39. The molecule has 0 aromatic heterocycles. The van der Waals surface area contributed by atoms with Crippen molar-refractivity contribution in [1.82, 2.24) is 9.21 Å². The molecule has 0 rings (SSSR count). The van der Waals surface area contributed by atoms with Gasteiger partial charge in [-0.3, -0.25) is 4.55 Å². The van der Waals surface area contributed by atoms with E-state index in [0.717, 1.165) is 30.2 Å². The minimum Gasteiger partial charge on any atom is -0.304 e. The molecule has 0 atom stereocenters. The first-order valence-corrected chi connectivity index (χ1v) is 9.68. The fourth-order valence-electron chi connectivity index (χ4n) is 1.67. The molecule has 7 nitrogen and oxygen atoms in total. The van der Waals surface area contributed by atoms with Gasteiger partial charge in [-0.25, -0.2) is 12.7 Å². The van der Waals surface area contributed by atoms with Crippen molar-refractivity contribution in [3.8, 4) is 0 Å². The van der Waals surface area contributed by atoms with Gasteiger partial charge in [-0.15, -0.1) is 0 Å². The van der Waals surface area contributed by atoms with Crippen LogP contribution in [-0.2, 0) is 20.1 Å². The van der Waals surface area contributed by atoms with Crippen molar-refractivity contribution in [3.05, 3.63) is 0 Å². The smallest absolute Gasteiger partial charge is 0.266 e. The van der Waals surface area contributed by atoms with Crippen LogP contribution >= 0.6 is 0 Å². The summed E-state index contributed by atoms with van der Waals surface area (Å²) in [5.74, 6) is -0.578. The average Bonchev–Trinajstić information content (AvgIpc) is 2.25. The van der Waals surface area contributed by atoms with Crippen LogP contribution in [0, 0.1) is 0 Å². The van der Waals surface area contributed by atoms with E-state index in [1.807, 2.05) is 13.8 Å². The second-order valence-corrected chi connectivity index (χ2v) is 7.88. The minimum atomic E-state index is -4.15. The molecular formula is C10H24N2O5S2. The third kappa shape index (κ3) is 9.33. The summed E-state index contributed by atoms with van der Waals surface area (Å²) in [4.78, 5) is 2.16. The number of hydrogen-bond donors (Lipinski definition) is 1. The summed E-state index contributed by atoms with van der Waals surface area (Å²) in [5, 5.41) is 0. The Labute approximate surface area is 116 Å². The number of sulfonamides is 1. The molecule has 0 amide bonds. The van der Waals surface area contributed by atoms with Crippen LogP contribution in [0.4, 0.5) is 0 Å². The number of hydrogen-bond acceptors (Lipinski definition) is 5. The topological polar surface area (TPSA) is 95.0 Å². The molecule has 0 fully saturated rings. The van der Waals surface area contributed by atoms with Crippen LogP contribution in [0.1, 0.15) is 20.3 Å². The van der Waals surface area contributed by atoms with Crippen molar-refractivity contribution in [2.45, 2.75) is 20.3 Å². The van der Waals surface area contributed by atoms with Crippen LogP contribution in [0.15, 0.2) is 0 Å². The first kappa shape index (κ1) is 18.8. The van der Waals surface area contributed by atoms with Crippen LogP contribution in [0.25, 0.3) is 0 Å². The van der Waals surface area contributed by atoms with Gasteiger partial charge in [0.25, 0.3) is 10.1 Å². The summed E-state index contributed by atoms with van der Waals surface area (Å²) in [6.45, 7) is 6.62. The van der Waals surface area contributed by atoms with Crippen molar-refractivity contribution in [3.63, 3.8) is 0 Å². The molecule has 0 saturated carbocycles. The first-order valence-electron chi connectivity index (χ1n) is 6.22. The molecule has 9 heteroatoms. The lowest BCUT2D eigenvalue weighted by molar-refractivity contribution is 0.285. The normalized spacial score (nSPS) is 13.4. The summed E-state index contributed by atoms with van der Waals surface area (Å²) < 4.78 is 54.1. The monoisotopic (exact) mass is 316 g/mol. The maximum absolute atomic E-state index is 11.5. The summed E-state index contributed by atoms with van der Waals surface area (Å²) in [5.41, 5.74) is 0. The SMILES string of the molecule is CCN(CC)CCCN(CCS(=O)(=O)O)S(C)(=O)=O. The van der Waals surface area contributed by atoms with Crippen LogP contribution < -0.4 is 0 Å². The van der Waals surface area contributed by atoms with Crippen molar-refractivity contribution in [1.29, 1.82) is 0 Å². The maximum atomic E-state index is 11.5. The highest BCUT2D eigenvalue weighted by molar-refractivity contribution is 7.88. The van der Waals surface area contributed by atoms with Gasteiger partial charge in [0.2, 0.25) is 10.0 Å². The van der Waals surface area contributed by atoms with E-state index in [1.165, 1.54) is 0 Å². The van der Waals surface area contributed by atoms with Gasteiger partial charge < -0.3 is 4.90 Å². The van der Waals surface area contributed by atoms with Gasteiger partial charge in [0.15, 0.2) is 0 Å². The lowest BCUT2D eigenvalue weighted by Crippen LogP contribution is -2.36. The highest BCUT2D eigenvalue weighted by atomic mass is 32.2. The Morgan fingerprint density at radius 1 is 0.947 bits per heavy atom. The van der Waals surface area contributed by atoms with Gasteiger partial charge in [-0.2, -0.15) is 8.42 Å². The second-order valence-electron chi connectivity index (χ2n) is 4.33. The van der Waals surface area contributed by atoms with Crippen LogP contribution in [0.2, 0.25) is 0 Å². The third-order valence-corrected chi connectivity index (χ3v) is 4.85. The standard InChI is InChI=1S/C10H24N2O5S2/c1-4-11(5-2)7-6-8-12(18(3,13)14)9-10-19(15,16)17/h4-10H2,1-3H3,(H,15,16,17). The van der Waals surface area contributed by atoms with E-state index in [1.54, 1.807) is 0 Å². The molecule has 116 valence electrons. The van der Waals surface area contributed by atoms with Gasteiger partial charge in [0, 0.05) is 13.1 Å². The summed E-state index contributed by atoms with van der Waals surface area (Å²) in [7, 11) is -7.61. The lowest BCUT2D eigenvalue weighted by Gasteiger charge is -2.22.